The third-order valence-corrected chi connectivity index (χ3v) is 10.3. The van der Waals surface area contributed by atoms with Crippen molar-refractivity contribution >= 4 is 31.6 Å². The largest absolute Gasteiger partial charge is 0.490 e. The molecule has 1 aliphatic heterocycles. The Morgan fingerprint density at radius 2 is 1.77 bits per heavy atom. The number of carbonyl (C=O) groups excluding carboxylic acids is 1. The molecule has 0 spiro atoms. The summed E-state index contributed by atoms with van der Waals surface area (Å²) in [6.07, 6.45) is 2.58. The molecule has 1 heterocycles. The van der Waals surface area contributed by atoms with E-state index in [1.165, 1.54) is 34.5 Å². The third kappa shape index (κ3) is 9.64. The van der Waals surface area contributed by atoms with Crippen molar-refractivity contribution in [3.63, 3.8) is 0 Å². The molecule has 0 aliphatic carbocycles. The van der Waals surface area contributed by atoms with Crippen LogP contribution in [0.25, 0.3) is 0 Å². The molecule has 0 bridgehead atoms. The lowest BCUT2D eigenvalue weighted by Crippen LogP contribution is -2.47. The molecule has 4 atom stereocenters. The van der Waals surface area contributed by atoms with E-state index in [9.17, 15) is 26.7 Å². The van der Waals surface area contributed by atoms with Crippen LogP contribution in [0.3, 0.4) is 0 Å². The number of hydrogen-bond acceptors (Lipinski definition) is 8. The van der Waals surface area contributed by atoms with Crippen molar-refractivity contribution in [1.29, 1.82) is 0 Å². The first-order valence-corrected chi connectivity index (χ1v) is 17.8. The summed E-state index contributed by atoms with van der Waals surface area (Å²) in [5.41, 5.74) is 1.25. The molecule has 2 aromatic rings. The van der Waals surface area contributed by atoms with Crippen LogP contribution in [0.15, 0.2) is 47.4 Å². The molecular formula is C30H45N3O8S2. The molecule has 3 rings (SSSR count). The van der Waals surface area contributed by atoms with Crippen molar-refractivity contribution in [3.05, 3.63) is 53.6 Å². The first-order chi connectivity index (χ1) is 20.1. The number of fused-ring (bicyclic) bond motifs is 1. The molecule has 0 aromatic heterocycles. The molecule has 13 heteroatoms. The second-order valence-electron chi connectivity index (χ2n) is 11.5. The molecule has 0 radical (unpaired) electrons. The number of benzene rings is 2. The molecule has 1 aliphatic rings. The summed E-state index contributed by atoms with van der Waals surface area (Å²) < 4.78 is 66.7. The van der Waals surface area contributed by atoms with Crippen molar-refractivity contribution in [2.75, 3.05) is 44.3 Å². The smallest absolute Gasteiger partial charge is 0.261 e. The van der Waals surface area contributed by atoms with Gasteiger partial charge in [-0.15, -0.1) is 0 Å². The van der Waals surface area contributed by atoms with Gasteiger partial charge in [-0.2, -0.15) is 0 Å². The Bertz CT molecular complexity index is 1450. The third-order valence-electron chi connectivity index (χ3n) is 7.64. The highest BCUT2D eigenvalue weighted by atomic mass is 32.2. The van der Waals surface area contributed by atoms with Gasteiger partial charge in [0.15, 0.2) is 0 Å². The molecule has 0 saturated carbocycles. The summed E-state index contributed by atoms with van der Waals surface area (Å²) in [5.74, 6) is -0.462. The number of aryl methyl sites for hydroxylation is 1. The number of nitrogens with one attached hydrogen (secondary N) is 1. The predicted molar refractivity (Wildman–Crippen MR) is 166 cm³/mol. The van der Waals surface area contributed by atoms with E-state index in [4.69, 9.17) is 9.47 Å². The van der Waals surface area contributed by atoms with Gasteiger partial charge < -0.3 is 19.5 Å². The zero-order chi connectivity index (χ0) is 31.9. The van der Waals surface area contributed by atoms with Gasteiger partial charge in [0.1, 0.15) is 5.75 Å². The van der Waals surface area contributed by atoms with Crippen LogP contribution in [0.1, 0.15) is 56.0 Å². The number of rotatable bonds is 8. The van der Waals surface area contributed by atoms with Crippen molar-refractivity contribution < 1.29 is 36.2 Å². The Balaban J connectivity index is 2.02. The van der Waals surface area contributed by atoms with E-state index in [0.717, 1.165) is 24.7 Å². The fourth-order valence-corrected chi connectivity index (χ4v) is 6.24. The molecular weight excluding hydrogens is 594 g/mol. The summed E-state index contributed by atoms with van der Waals surface area (Å²) in [6.45, 7) is 7.71. The SMILES string of the molecule is Cc1ccc(S(=O)(=O)Nc2ccc3c(c2)C(=O)N([C@H](C)CO)C[C@H](C)[C@H](CN(C)S(C)(=O)=O)OCCCC[C@@H](C)O3)cc1. The zero-order valence-electron chi connectivity index (χ0n) is 25.8. The van der Waals surface area contributed by atoms with Gasteiger partial charge in [0.25, 0.3) is 15.9 Å². The molecule has 43 heavy (non-hydrogen) atoms. The van der Waals surface area contributed by atoms with E-state index in [1.54, 1.807) is 31.2 Å². The summed E-state index contributed by atoms with van der Waals surface area (Å²) in [5, 5.41) is 10.1. The monoisotopic (exact) mass is 639 g/mol. The number of amides is 1. The van der Waals surface area contributed by atoms with E-state index in [2.05, 4.69) is 4.72 Å². The highest BCUT2D eigenvalue weighted by Crippen LogP contribution is 2.29. The predicted octanol–water partition coefficient (Wildman–Crippen LogP) is 3.48. The van der Waals surface area contributed by atoms with Gasteiger partial charge in [-0.3, -0.25) is 9.52 Å². The molecule has 240 valence electrons. The average molecular weight is 640 g/mol. The van der Waals surface area contributed by atoms with E-state index in [-0.39, 0.29) is 47.9 Å². The molecule has 0 fully saturated rings. The number of sulfonamides is 2. The fraction of sp³-hybridized carbons (Fsp3) is 0.567. The van der Waals surface area contributed by atoms with Gasteiger partial charge in [0.05, 0.1) is 41.6 Å². The highest BCUT2D eigenvalue weighted by molar-refractivity contribution is 7.92. The molecule has 2 N–H and O–H groups in total. The number of anilines is 1. The fourth-order valence-electron chi connectivity index (χ4n) is 4.77. The van der Waals surface area contributed by atoms with Crippen LogP contribution in [0.2, 0.25) is 0 Å². The second-order valence-corrected chi connectivity index (χ2v) is 15.2. The van der Waals surface area contributed by atoms with Crippen LogP contribution in [-0.4, -0.2) is 94.9 Å². The summed E-state index contributed by atoms with van der Waals surface area (Å²) in [4.78, 5) is 15.8. The van der Waals surface area contributed by atoms with Crippen LogP contribution >= 0.6 is 0 Å². The number of likely N-dealkylation sites (N-methyl/N-ethyl adjacent to an activating group) is 1. The normalized spacial score (nSPS) is 21.9. The quantitative estimate of drug-likeness (QED) is 0.447. The summed E-state index contributed by atoms with van der Waals surface area (Å²) in [6, 6.07) is 10.4. The number of nitrogens with zero attached hydrogens (tertiary/aromatic N) is 2. The Morgan fingerprint density at radius 1 is 1.09 bits per heavy atom. The minimum absolute atomic E-state index is 0.0869. The van der Waals surface area contributed by atoms with Crippen LogP contribution < -0.4 is 9.46 Å². The molecule has 11 nitrogen and oxygen atoms in total. The second kappa shape index (κ2) is 14.8. The van der Waals surface area contributed by atoms with E-state index in [0.29, 0.717) is 18.8 Å². The number of ether oxygens (including phenoxy) is 2. The average Bonchev–Trinajstić information content (AvgIpc) is 2.94. The molecule has 1 amide bonds. The van der Waals surface area contributed by atoms with Crippen molar-refractivity contribution in [2.45, 2.75) is 70.1 Å². The lowest BCUT2D eigenvalue weighted by molar-refractivity contribution is -0.00828. The van der Waals surface area contributed by atoms with Crippen LogP contribution in [0.5, 0.6) is 5.75 Å². The van der Waals surface area contributed by atoms with Gasteiger partial charge in [0.2, 0.25) is 10.0 Å². The van der Waals surface area contributed by atoms with Crippen LogP contribution in [-0.2, 0) is 24.8 Å². The molecule has 0 unspecified atom stereocenters. The highest BCUT2D eigenvalue weighted by Gasteiger charge is 2.31. The maximum atomic E-state index is 14.2. The number of carbonyl (C=O) groups is 1. The minimum Gasteiger partial charge on any atom is -0.490 e. The van der Waals surface area contributed by atoms with Crippen LogP contribution in [0, 0.1) is 12.8 Å². The summed E-state index contributed by atoms with van der Waals surface area (Å²) >= 11 is 0. The van der Waals surface area contributed by atoms with E-state index < -0.39 is 38.1 Å². The van der Waals surface area contributed by atoms with Gasteiger partial charge >= 0.3 is 0 Å². The maximum Gasteiger partial charge on any atom is 0.261 e. The zero-order valence-corrected chi connectivity index (χ0v) is 27.4. The number of aliphatic hydroxyl groups is 1. The minimum atomic E-state index is -3.93. The van der Waals surface area contributed by atoms with Gasteiger partial charge in [-0.05, 0) is 70.4 Å². The summed E-state index contributed by atoms with van der Waals surface area (Å²) in [7, 11) is -5.90. The number of aliphatic hydroxyl groups excluding tert-OH is 1. The van der Waals surface area contributed by atoms with Gasteiger partial charge in [-0.25, -0.2) is 21.1 Å². The van der Waals surface area contributed by atoms with E-state index in [1.807, 2.05) is 20.8 Å². The Morgan fingerprint density at radius 3 is 2.40 bits per heavy atom. The molecule has 0 saturated heterocycles. The van der Waals surface area contributed by atoms with Crippen molar-refractivity contribution in [3.8, 4) is 5.75 Å². The number of hydrogen-bond donors (Lipinski definition) is 2. The Kier molecular flexibility index (Phi) is 12.0. The molecule has 2 aromatic carbocycles. The Labute approximate surface area is 256 Å². The van der Waals surface area contributed by atoms with Gasteiger partial charge in [0, 0.05) is 38.3 Å². The standard InChI is InChI=1S/C30H45N3O8S2/c1-21-10-13-26(14-11-21)43(38,39)31-25-12-15-28-27(17-25)30(35)33(23(3)20-34)18-22(2)29(19-32(5)42(6,36)37)40-16-8-7-9-24(4)41-28/h10-15,17,22-24,29,31,34H,7-9,16,18-20H2,1-6H3/t22-,23+,24+,29-/m0/s1. The first-order valence-electron chi connectivity index (χ1n) is 14.5. The lowest BCUT2D eigenvalue weighted by Gasteiger charge is -2.35. The van der Waals surface area contributed by atoms with Gasteiger partial charge in [-0.1, -0.05) is 24.6 Å². The van der Waals surface area contributed by atoms with Crippen molar-refractivity contribution in [2.24, 2.45) is 5.92 Å². The first kappa shape index (κ1) is 34.8. The van der Waals surface area contributed by atoms with Crippen molar-refractivity contribution in [1.82, 2.24) is 9.21 Å². The lowest BCUT2D eigenvalue weighted by atomic mass is 10.0. The maximum absolute atomic E-state index is 14.2. The topological polar surface area (TPSA) is 143 Å². The van der Waals surface area contributed by atoms with E-state index >= 15 is 0 Å². The Hall–Kier alpha value is -2.71. The van der Waals surface area contributed by atoms with Crippen LogP contribution in [0.4, 0.5) is 5.69 Å².